The number of nitrogens with two attached hydrogens (primary N) is 1. The summed E-state index contributed by atoms with van der Waals surface area (Å²) in [7, 11) is 0. The van der Waals surface area contributed by atoms with E-state index in [9.17, 15) is 19.2 Å². The number of nitrogens with one attached hydrogen (secondary N) is 1. The van der Waals surface area contributed by atoms with Crippen molar-refractivity contribution in [1.82, 2.24) is 9.55 Å². The molecule has 3 N–H and O–H groups in total. The lowest BCUT2D eigenvalue weighted by molar-refractivity contribution is -0.149. The van der Waals surface area contributed by atoms with Crippen molar-refractivity contribution < 1.29 is 14.3 Å². The molecule has 1 aliphatic carbocycles. The predicted molar refractivity (Wildman–Crippen MR) is 97.0 cm³/mol. The monoisotopic (exact) mass is 366 g/mol. The van der Waals surface area contributed by atoms with E-state index in [1.165, 1.54) is 9.47 Å². The average molecular weight is 366 g/mol. The van der Waals surface area contributed by atoms with Gasteiger partial charge in [-0.15, -0.1) is 0 Å². The fourth-order valence-corrected chi connectivity index (χ4v) is 2.61. The van der Waals surface area contributed by atoms with E-state index in [1.807, 2.05) is 13.8 Å². The van der Waals surface area contributed by atoms with Crippen molar-refractivity contribution in [3.05, 3.63) is 20.8 Å². The topological polar surface area (TPSA) is 127 Å². The summed E-state index contributed by atoms with van der Waals surface area (Å²) >= 11 is 0. The summed E-state index contributed by atoms with van der Waals surface area (Å²) in [5, 5.41) is 0. The molecule has 144 valence electrons. The second-order valence-corrected chi connectivity index (χ2v) is 6.43. The van der Waals surface area contributed by atoms with Gasteiger partial charge in [0.05, 0.1) is 5.92 Å². The number of esters is 1. The van der Waals surface area contributed by atoms with E-state index in [-0.39, 0.29) is 24.0 Å². The first-order valence-corrected chi connectivity index (χ1v) is 9.00. The van der Waals surface area contributed by atoms with Crippen LogP contribution < -0.4 is 21.9 Å². The zero-order chi connectivity index (χ0) is 19.3. The Hall–Kier alpha value is -2.58. The van der Waals surface area contributed by atoms with Gasteiger partial charge < -0.3 is 15.4 Å². The van der Waals surface area contributed by atoms with Crippen molar-refractivity contribution in [3.8, 4) is 0 Å². The lowest BCUT2D eigenvalue weighted by atomic mass is 10.2. The number of hydrogen-bond acceptors (Lipinski definition) is 6. The number of nitrogen functional groups attached to an aromatic ring is 1. The molecule has 9 nitrogen and oxygen atoms in total. The van der Waals surface area contributed by atoms with E-state index in [0.29, 0.717) is 19.4 Å². The molecular formula is C17H26N4O5. The van der Waals surface area contributed by atoms with Crippen LogP contribution in [0.3, 0.4) is 0 Å². The third kappa shape index (κ3) is 4.53. The molecule has 0 spiro atoms. The SMILES string of the molecule is CCCCN(C(=O)COC(=O)C1CC1)c1c(N)n(CCC)c(=O)[nH]c1=O. The molecule has 1 aromatic heterocycles. The molecule has 0 aliphatic heterocycles. The fraction of sp³-hybridized carbons (Fsp3) is 0.647. The van der Waals surface area contributed by atoms with Crippen molar-refractivity contribution in [3.63, 3.8) is 0 Å². The van der Waals surface area contributed by atoms with Gasteiger partial charge in [0.2, 0.25) is 0 Å². The highest BCUT2D eigenvalue weighted by Gasteiger charge is 2.32. The maximum absolute atomic E-state index is 12.6. The zero-order valence-corrected chi connectivity index (χ0v) is 15.2. The van der Waals surface area contributed by atoms with Crippen molar-refractivity contribution in [1.29, 1.82) is 0 Å². The number of carbonyl (C=O) groups excluding carboxylic acids is 2. The molecular weight excluding hydrogens is 340 g/mol. The summed E-state index contributed by atoms with van der Waals surface area (Å²) in [6.45, 7) is 3.93. The highest BCUT2D eigenvalue weighted by Crippen LogP contribution is 2.30. The van der Waals surface area contributed by atoms with Gasteiger partial charge in [0.15, 0.2) is 12.3 Å². The van der Waals surface area contributed by atoms with Crippen LogP contribution >= 0.6 is 0 Å². The second-order valence-electron chi connectivity index (χ2n) is 6.43. The summed E-state index contributed by atoms with van der Waals surface area (Å²) in [4.78, 5) is 52.0. The summed E-state index contributed by atoms with van der Waals surface area (Å²) in [5.41, 5.74) is 4.63. The molecule has 1 amide bonds. The van der Waals surface area contributed by atoms with Crippen molar-refractivity contribution >= 4 is 23.4 Å². The molecule has 1 aromatic rings. The number of hydrogen-bond donors (Lipinski definition) is 2. The van der Waals surface area contributed by atoms with E-state index in [1.54, 1.807) is 0 Å². The summed E-state index contributed by atoms with van der Waals surface area (Å²) < 4.78 is 6.27. The molecule has 1 heterocycles. The molecule has 0 saturated heterocycles. The van der Waals surface area contributed by atoms with Crippen LogP contribution in [0.1, 0.15) is 46.0 Å². The lowest BCUT2D eigenvalue weighted by Crippen LogP contribution is -2.43. The zero-order valence-electron chi connectivity index (χ0n) is 15.2. The maximum atomic E-state index is 12.6. The van der Waals surface area contributed by atoms with Crippen LogP contribution in [0.2, 0.25) is 0 Å². The predicted octanol–water partition coefficient (Wildman–Crippen LogP) is 0.615. The van der Waals surface area contributed by atoms with Crippen molar-refractivity contribution in [2.24, 2.45) is 5.92 Å². The molecule has 2 rings (SSSR count). The van der Waals surface area contributed by atoms with E-state index in [0.717, 1.165) is 19.3 Å². The lowest BCUT2D eigenvalue weighted by Gasteiger charge is -2.24. The second kappa shape index (κ2) is 8.68. The minimum atomic E-state index is -0.724. The highest BCUT2D eigenvalue weighted by atomic mass is 16.5. The van der Waals surface area contributed by atoms with Gasteiger partial charge >= 0.3 is 11.7 Å². The number of carbonyl (C=O) groups is 2. The first-order chi connectivity index (χ1) is 12.4. The van der Waals surface area contributed by atoms with Gasteiger partial charge in [-0.3, -0.25) is 23.9 Å². The Labute approximate surface area is 151 Å². The van der Waals surface area contributed by atoms with Crippen LogP contribution in [0.4, 0.5) is 11.5 Å². The Morgan fingerprint density at radius 3 is 2.54 bits per heavy atom. The third-order valence-electron chi connectivity index (χ3n) is 4.22. The maximum Gasteiger partial charge on any atom is 0.330 e. The molecule has 1 saturated carbocycles. The molecule has 26 heavy (non-hydrogen) atoms. The standard InChI is InChI=1S/C17H26N4O5/c1-3-5-9-20(12(22)10-26-16(24)11-6-7-11)13-14(18)21(8-4-2)17(25)19-15(13)23/h11H,3-10,18H2,1-2H3,(H,19,23,25). The normalized spacial score (nSPS) is 13.5. The van der Waals surface area contributed by atoms with Gasteiger partial charge in [-0.25, -0.2) is 4.79 Å². The van der Waals surface area contributed by atoms with E-state index < -0.39 is 29.7 Å². The van der Waals surface area contributed by atoms with Gasteiger partial charge in [0, 0.05) is 13.1 Å². The van der Waals surface area contributed by atoms with Crippen LogP contribution in [-0.4, -0.2) is 34.6 Å². The Morgan fingerprint density at radius 1 is 1.27 bits per heavy atom. The number of aromatic amines is 1. The minimum Gasteiger partial charge on any atom is -0.455 e. The van der Waals surface area contributed by atoms with Gasteiger partial charge in [-0.05, 0) is 25.7 Å². The number of amides is 1. The first-order valence-electron chi connectivity index (χ1n) is 9.00. The number of ether oxygens (including phenoxy) is 1. The number of anilines is 2. The molecule has 0 atom stereocenters. The molecule has 1 fully saturated rings. The van der Waals surface area contributed by atoms with Gasteiger partial charge in [-0.2, -0.15) is 0 Å². The Balaban J connectivity index is 2.31. The first kappa shape index (κ1) is 19.7. The number of H-pyrrole nitrogens is 1. The van der Waals surface area contributed by atoms with Crippen LogP contribution in [0.5, 0.6) is 0 Å². The number of unbranched alkanes of at least 4 members (excludes halogenated alkanes) is 1. The van der Waals surface area contributed by atoms with E-state index >= 15 is 0 Å². The molecule has 1 aliphatic rings. The highest BCUT2D eigenvalue weighted by molar-refractivity contribution is 5.97. The fourth-order valence-electron chi connectivity index (χ4n) is 2.61. The summed E-state index contributed by atoms with van der Waals surface area (Å²) in [6, 6.07) is 0. The van der Waals surface area contributed by atoms with Crippen molar-refractivity contribution in [2.45, 2.75) is 52.5 Å². The van der Waals surface area contributed by atoms with Crippen LogP contribution in [-0.2, 0) is 20.9 Å². The van der Waals surface area contributed by atoms with Crippen molar-refractivity contribution in [2.75, 3.05) is 23.8 Å². The molecule has 0 radical (unpaired) electrons. The quantitative estimate of drug-likeness (QED) is 0.617. The smallest absolute Gasteiger partial charge is 0.330 e. The largest absolute Gasteiger partial charge is 0.455 e. The Bertz CT molecular complexity index is 778. The number of nitrogens with zero attached hydrogens (tertiary/aromatic N) is 2. The minimum absolute atomic E-state index is 0.0569. The number of rotatable bonds is 9. The Kier molecular flexibility index (Phi) is 6.59. The Morgan fingerprint density at radius 2 is 1.96 bits per heavy atom. The molecule has 0 bridgehead atoms. The summed E-state index contributed by atoms with van der Waals surface area (Å²) in [6.07, 6.45) is 3.62. The van der Waals surface area contributed by atoms with Crippen LogP contribution in [0, 0.1) is 5.92 Å². The van der Waals surface area contributed by atoms with Crippen LogP contribution in [0.15, 0.2) is 9.59 Å². The van der Waals surface area contributed by atoms with E-state index in [4.69, 9.17) is 10.5 Å². The molecule has 0 aromatic carbocycles. The molecule has 9 heteroatoms. The van der Waals surface area contributed by atoms with E-state index in [2.05, 4.69) is 4.98 Å². The van der Waals surface area contributed by atoms with Crippen LogP contribution in [0.25, 0.3) is 0 Å². The average Bonchev–Trinajstić information content (AvgIpc) is 3.44. The number of aromatic nitrogens is 2. The van der Waals surface area contributed by atoms with Gasteiger partial charge in [0.25, 0.3) is 11.5 Å². The van der Waals surface area contributed by atoms with Gasteiger partial charge in [-0.1, -0.05) is 20.3 Å². The molecule has 0 unspecified atom stereocenters. The third-order valence-corrected chi connectivity index (χ3v) is 4.22. The van der Waals surface area contributed by atoms with Gasteiger partial charge in [0.1, 0.15) is 5.82 Å². The summed E-state index contributed by atoms with van der Waals surface area (Å²) in [5.74, 6) is -1.11.